The van der Waals surface area contributed by atoms with E-state index in [1.165, 1.54) is 0 Å². The summed E-state index contributed by atoms with van der Waals surface area (Å²) in [7, 11) is -7.83. The largest absolute Gasteiger partial charge is 0.743 e. The van der Waals surface area contributed by atoms with E-state index < -0.39 is 73.9 Å². The van der Waals surface area contributed by atoms with Gasteiger partial charge < -0.3 is 33.0 Å². The fourth-order valence-electron chi connectivity index (χ4n) is 3.86. The van der Waals surface area contributed by atoms with Crippen LogP contribution in [0.2, 0.25) is 0 Å². The molecular weight excluding hydrogens is 803 g/mol. The third kappa shape index (κ3) is 14.8. The maximum atomic E-state index is 12.8. The molecule has 1 atom stereocenters. The van der Waals surface area contributed by atoms with Crippen LogP contribution in [-0.2, 0) is 35.2 Å². The van der Waals surface area contributed by atoms with Gasteiger partial charge in [-0.05, 0) is 98.7 Å². The van der Waals surface area contributed by atoms with Gasteiger partial charge in [0.1, 0.15) is 27.7 Å². The predicted octanol–water partition coefficient (Wildman–Crippen LogP) is 9.75. The minimum absolute atomic E-state index is 0.208. The number of para-hydroxylation sites is 3. The van der Waals surface area contributed by atoms with Crippen molar-refractivity contribution in [1.82, 2.24) is 0 Å². The molecule has 0 aliphatic carbocycles. The van der Waals surface area contributed by atoms with Gasteiger partial charge in [0.05, 0.1) is 0 Å². The number of alkyl halides is 6. The average Bonchev–Trinajstić information content (AvgIpc) is 2.99. The molecule has 0 N–H and O–H groups in total. The third-order valence-electron chi connectivity index (χ3n) is 5.87. The van der Waals surface area contributed by atoms with Gasteiger partial charge in [-0.25, -0.2) is 27.2 Å². The Balaban J connectivity index is 0.000000711. The summed E-state index contributed by atoms with van der Waals surface area (Å²) in [6.45, 7) is 15.6. The van der Waals surface area contributed by atoms with Crippen molar-refractivity contribution in [2.75, 3.05) is 0 Å². The molecule has 0 fully saturated rings. The second kappa shape index (κ2) is 18.1. The van der Waals surface area contributed by atoms with Crippen LogP contribution in [0.25, 0.3) is 0 Å². The van der Waals surface area contributed by atoms with E-state index in [2.05, 4.69) is 0 Å². The second-order valence-corrected chi connectivity index (χ2v) is 17.7. The topological polar surface area (TPSA) is 164 Å². The zero-order valence-corrected chi connectivity index (χ0v) is 33.1. The molecule has 0 spiro atoms. The van der Waals surface area contributed by atoms with Crippen LogP contribution in [0, 0.1) is 0 Å². The fraction of sp³-hybridized carbons (Fsp3) is 0.417. The first-order valence-corrected chi connectivity index (χ1v) is 18.7. The van der Waals surface area contributed by atoms with Gasteiger partial charge in [-0.3, -0.25) is 0 Å². The molecule has 3 aromatic carbocycles. The minimum atomic E-state index is -6.66. The maximum Gasteiger partial charge on any atom is 0.514 e. The Morgan fingerprint density at radius 1 is 0.554 bits per heavy atom. The Kier molecular flexibility index (Phi) is 15.3. The lowest BCUT2D eigenvalue weighted by molar-refractivity contribution is -0.223. The van der Waals surface area contributed by atoms with Gasteiger partial charge in [0, 0.05) is 0 Å². The standard InChI is InChI=1S/C33H39O9S.C3H2F6O3S/c1-31(2,3)40-28(34)37-22-16-10-13-19-25(22)43(26-20-14-11-17-23(26)38-29(35)41-32(4,5)6)27-21-15-12-18-24(27)39-30(36)42-33(7,8)9;4-1(2(5,6)7)3(8,9)13(10,11)12/h10-21H,1-9H3;1H,(H,10,11,12)/q+1;/p-1. The molecule has 3 aromatic rings. The van der Waals surface area contributed by atoms with Crippen molar-refractivity contribution in [3.05, 3.63) is 72.8 Å². The smallest absolute Gasteiger partial charge is 0.514 e. The van der Waals surface area contributed by atoms with Crippen LogP contribution in [-0.4, -0.2) is 65.8 Å². The maximum absolute atomic E-state index is 12.8. The second-order valence-electron chi connectivity index (χ2n) is 14.3. The highest BCUT2D eigenvalue weighted by molar-refractivity contribution is 7.97. The normalized spacial score (nSPS) is 13.1. The lowest BCUT2D eigenvalue weighted by atomic mass is 10.2. The van der Waals surface area contributed by atoms with E-state index in [9.17, 15) is 53.7 Å². The Bertz CT molecular complexity index is 1780. The van der Waals surface area contributed by atoms with Crippen molar-refractivity contribution in [2.45, 2.75) is 111 Å². The van der Waals surface area contributed by atoms with E-state index >= 15 is 0 Å². The van der Waals surface area contributed by atoms with Crippen LogP contribution >= 0.6 is 0 Å². The molecule has 0 aliphatic heterocycles. The van der Waals surface area contributed by atoms with Gasteiger partial charge in [-0.1, -0.05) is 36.4 Å². The van der Waals surface area contributed by atoms with Crippen molar-refractivity contribution in [3.8, 4) is 17.2 Å². The highest BCUT2D eigenvalue weighted by atomic mass is 32.2. The molecule has 0 radical (unpaired) electrons. The third-order valence-corrected chi connectivity index (χ3v) is 9.08. The number of rotatable bonds is 8. The summed E-state index contributed by atoms with van der Waals surface area (Å²) in [4.78, 5) is 39.9. The quantitative estimate of drug-likeness (QED) is 0.0528. The molecule has 0 aromatic heterocycles. The molecule has 12 nitrogen and oxygen atoms in total. The van der Waals surface area contributed by atoms with Crippen LogP contribution in [0.1, 0.15) is 62.3 Å². The van der Waals surface area contributed by atoms with Crippen molar-refractivity contribution in [1.29, 1.82) is 0 Å². The molecule has 0 aliphatic rings. The van der Waals surface area contributed by atoms with Crippen molar-refractivity contribution < 1.29 is 82.1 Å². The van der Waals surface area contributed by atoms with Crippen molar-refractivity contribution in [2.24, 2.45) is 0 Å². The molecule has 3 rings (SSSR count). The summed E-state index contributed by atoms with van der Waals surface area (Å²) < 4.78 is 131. The lowest BCUT2D eigenvalue weighted by Crippen LogP contribution is -2.46. The van der Waals surface area contributed by atoms with E-state index in [-0.39, 0.29) is 17.2 Å². The number of benzene rings is 3. The minimum Gasteiger partial charge on any atom is -0.743 e. The van der Waals surface area contributed by atoms with Crippen molar-refractivity contribution in [3.63, 3.8) is 0 Å². The molecular formula is C36H40F6O12S2. The van der Waals surface area contributed by atoms with E-state index in [0.29, 0.717) is 14.7 Å². The first-order valence-electron chi connectivity index (χ1n) is 16.1. The van der Waals surface area contributed by atoms with Crippen molar-refractivity contribution >= 4 is 39.5 Å². The summed E-state index contributed by atoms with van der Waals surface area (Å²) >= 11 is 0. The lowest BCUT2D eigenvalue weighted by Gasteiger charge is -2.24. The van der Waals surface area contributed by atoms with Crippen LogP contribution in [0.5, 0.6) is 17.2 Å². The molecule has 20 heteroatoms. The average molecular weight is 843 g/mol. The molecule has 1 unspecified atom stereocenters. The zero-order chi connectivity index (χ0) is 43.1. The monoisotopic (exact) mass is 842 g/mol. The van der Waals surface area contributed by atoms with E-state index in [0.717, 1.165) is 0 Å². The van der Waals surface area contributed by atoms with Gasteiger partial charge in [0.15, 0.2) is 27.4 Å². The number of hydrogen-bond donors (Lipinski definition) is 0. The Hall–Kier alpha value is -4.69. The summed E-state index contributed by atoms with van der Waals surface area (Å²) in [5, 5.41) is -5.99. The van der Waals surface area contributed by atoms with Crippen LogP contribution < -0.4 is 14.2 Å². The van der Waals surface area contributed by atoms with Gasteiger partial charge in [0.2, 0.25) is 14.7 Å². The van der Waals surface area contributed by atoms with Crippen LogP contribution in [0.3, 0.4) is 0 Å². The zero-order valence-electron chi connectivity index (χ0n) is 31.5. The Labute approximate surface area is 322 Å². The van der Waals surface area contributed by atoms with E-state index in [4.69, 9.17) is 28.4 Å². The summed E-state index contributed by atoms with van der Waals surface area (Å²) in [6, 6.07) is 20.7. The molecule has 0 heterocycles. The van der Waals surface area contributed by atoms with Gasteiger partial charge >= 0.3 is 29.9 Å². The molecule has 0 saturated heterocycles. The Morgan fingerprint density at radius 3 is 1.00 bits per heavy atom. The predicted molar refractivity (Wildman–Crippen MR) is 188 cm³/mol. The highest BCUT2D eigenvalue weighted by Gasteiger charge is 2.61. The number of ether oxygens (including phenoxy) is 6. The van der Waals surface area contributed by atoms with Gasteiger partial charge in [0.25, 0.3) is 6.17 Å². The number of halogens is 6. The molecule has 56 heavy (non-hydrogen) atoms. The summed E-state index contributed by atoms with van der Waals surface area (Å²) in [5.74, 6) is 0.623. The van der Waals surface area contributed by atoms with Crippen LogP contribution in [0.4, 0.5) is 40.7 Å². The van der Waals surface area contributed by atoms with Gasteiger partial charge in [-0.2, -0.15) is 22.0 Å². The first kappa shape index (κ1) is 47.5. The van der Waals surface area contributed by atoms with Crippen LogP contribution in [0.15, 0.2) is 87.5 Å². The number of carbonyl (C=O) groups is 3. The number of carbonyl (C=O) groups excluding carboxylic acids is 3. The fourth-order valence-corrected chi connectivity index (χ4v) is 6.54. The van der Waals surface area contributed by atoms with Gasteiger partial charge in [-0.15, -0.1) is 0 Å². The first-order chi connectivity index (χ1) is 25.3. The molecule has 310 valence electrons. The molecule has 0 saturated carbocycles. The number of hydrogen-bond acceptors (Lipinski definition) is 12. The SMILES string of the molecule is CC(C)(C)OC(=O)Oc1ccccc1[S+](c1ccccc1OC(=O)OC(C)(C)C)c1ccccc1OC(=O)OC(C)(C)C.O=S(=O)([O-])C(F)(F)C(F)C(F)(F)F. The molecule has 0 bridgehead atoms. The Morgan fingerprint density at radius 2 is 0.804 bits per heavy atom. The molecule has 0 amide bonds. The van der Waals surface area contributed by atoms with E-state index in [1.807, 2.05) is 0 Å². The highest BCUT2D eigenvalue weighted by Crippen LogP contribution is 2.44. The van der Waals surface area contributed by atoms with E-state index in [1.54, 1.807) is 135 Å². The summed E-state index contributed by atoms with van der Waals surface area (Å²) in [6.07, 6.45) is -13.8. The summed E-state index contributed by atoms with van der Waals surface area (Å²) in [5.41, 5.74) is -2.35.